The summed E-state index contributed by atoms with van der Waals surface area (Å²) in [6, 6.07) is 0. The van der Waals surface area contributed by atoms with Crippen molar-refractivity contribution < 1.29 is 9.53 Å². The summed E-state index contributed by atoms with van der Waals surface area (Å²) in [5, 5.41) is 9.36. The van der Waals surface area contributed by atoms with Crippen LogP contribution in [-0.4, -0.2) is 43.4 Å². The predicted octanol–water partition coefficient (Wildman–Crippen LogP) is 0.402. The van der Waals surface area contributed by atoms with Gasteiger partial charge < -0.3 is 20.7 Å². The normalized spacial score (nSPS) is 10.8. The Morgan fingerprint density at radius 2 is 1.82 bits per heavy atom. The molecule has 0 aliphatic rings. The Balaban J connectivity index is 3.56. The minimum atomic E-state index is -0.186. The average molecular weight is 261 g/mol. The first-order valence-corrected chi connectivity index (χ1v) is 6.07. The van der Waals surface area contributed by atoms with Crippen LogP contribution < -0.4 is 16.0 Å². The maximum absolute atomic E-state index is 11.5. The summed E-state index contributed by atoms with van der Waals surface area (Å²) in [4.78, 5) is 11.5. The highest BCUT2D eigenvalue weighted by Crippen LogP contribution is 1.98. The SMILES string of the molecule is COCCNC(=S)NCCC(=O)NC(C)(C)C. The predicted molar refractivity (Wildman–Crippen MR) is 73.0 cm³/mol. The van der Waals surface area contributed by atoms with Crippen LogP contribution in [0, 0.1) is 0 Å². The second kappa shape index (κ2) is 8.25. The molecule has 0 atom stereocenters. The van der Waals surface area contributed by atoms with Crippen LogP contribution in [0.3, 0.4) is 0 Å². The first-order valence-electron chi connectivity index (χ1n) is 5.67. The highest BCUT2D eigenvalue weighted by molar-refractivity contribution is 7.80. The molecule has 0 aromatic rings. The van der Waals surface area contributed by atoms with E-state index in [0.29, 0.717) is 31.2 Å². The molecular formula is C11H23N3O2S. The van der Waals surface area contributed by atoms with Gasteiger partial charge in [-0.3, -0.25) is 4.79 Å². The molecule has 5 nitrogen and oxygen atoms in total. The van der Waals surface area contributed by atoms with Gasteiger partial charge in [-0.05, 0) is 33.0 Å². The lowest BCUT2D eigenvalue weighted by Gasteiger charge is -2.20. The number of carbonyl (C=O) groups is 1. The van der Waals surface area contributed by atoms with E-state index in [1.54, 1.807) is 7.11 Å². The summed E-state index contributed by atoms with van der Waals surface area (Å²) in [5.41, 5.74) is -0.186. The Hall–Kier alpha value is -0.880. The topological polar surface area (TPSA) is 62.4 Å². The zero-order valence-electron chi connectivity index (χ0n) is 11.1. The van der Waals surface area contributed by atoms with Crippen LogP contribution in [-0.2, 0) is 9.53 Å². The second-order valence-electron chi connectivity index (χ2n) is 4.72. The van der Waals surface area contributed by atoms with Gasteiger partial charge in [0.1, 0.15) is 0 Å². The summed E-state index contributed by atoms with van der Waals surface area (Å²) in [6.45, 7) is 7.66. The Morgan fingerprint density at radius 1 is 1.24 bits per heavy atom. The molecule has 0 bridgehead atoms. The summed E-state index contributed by atoms with van der Waals surface area (Å²) in [7, 11) is 1.63. The molecule has 17 heavy (non-hydrogen) atoms. The molecule has 0 heterocycles. The number of carbonyl (C=O) groups excluding carboxylic acids is 1. The molecule has 0 saturated carbocycles. The Bertz CT molecular complexity index is 252. The van der Waals surface area contributed by atoms with Crippen molar-refractivity contribution in [3.05, 3.63) is 0 Å². The van der Waals surface area contributed by atoms with Gasteiger partial charge in [0, 0.05) is 32.2 Å². The van der Waals surface area contributed by atoms with Gasteiger partial charge in [-0.25, -0.2) is 0 Å². The van der Waals surface area contributed by atoms with Crippen molar-refractivity contribution >= 4 is 23.2 Å². The highest BCUT2D eigenvalue weighted by atomic mass is 32.1. The number of hydrogen-bond acceptors (Lipinski definition) is 3. The number of thiocarbonyl (C=S) groups is 1. The van der Waals surface area contributed by atoms with Crippen LogP contribution in [0.5, 0.6) is 0 Å². The number of hydrogen-bond donors (Lipinski definition) is 3. The van der Waals surface area contributed by atoms with E-state index < -0.39 is 0 Å². The number of amides is 1. The second-order valence-corrected chi connectivity index (χ2v) is 5.13. The van der Waals surface area contributed by atoms with E-state index in [0.717, 1.165) is 0 Å². The van der Waals surface area contributed by atoms with Crippen molar-refractivity contribution in [2.45, 2.75) is 32.7 Å². The van der Waals surface area contributed by atoms with Gasteiger partial charge in [0.05, 0.1) is 6.61 Å². The molecule has 0 aliphatic heterocycles. The minimum Gasteiger partial charge on any atom is -0.383 e. The molecule has 3 N–H and O–H groups in total. The molecule has 6 heteroatoms. The van der Waals surface area contributed by atoms with Gasteiger partial charge in [0.2, 0.25) is 5.91 Å². The van der Waals surface area contributed by atoms with Crippen LogP contribution in [0.1, 0.15) is 27.2 Å². The van der Waals surface area contributed by atoms with E-state index >= 15 is 0 Å². The summed E-state index contributed by atoms with van der Waals surface area (Å²) in [6.07, 6.45) is 0.406. The fourth-order valence-electron chi connectivity index (χ4n) is 1.10. The number of methoxy groups -OCH3 is 1. The van der Waals surface area contributed by atoms with E-state index in [1.807, 2.05) is 20.8 Å². The van der Waals surface area contributed by atoms with Gasteiger partial charge in [0.25, 0.3) is 0 Å². The van der Waals surface area contributed by atoms with Crippen molar-refractivity contribution in [1.29, 1.82) is 0 Å². The third-order valence-corrected chi connectivity index (χ3v) is 2.03. The number of nitrogens with one attached hydrogen (secondary N) is 3. The molecule has 0 radical (unpaired) electrons. The van der Waals surface area contributed by atoms with Crippen molar-refractivity contribution in [3.63, 3.8) is 0 Å². The van der Waals surface area contributed by atoms with Crippen molar-refractivity contribution in [1.82, 2.24) is 16.0 Å². The lowest BCUT2D eigenvalue weighted by molar-refractivity contribution is -0.122. The van der Waals surface area contributed by atoms with Crippen LogP contribution in [0.25, 0.3) is 0 Å². The van der Waals surface area contributed by atoms with Crippen molar-refractivity contribution in [3.8, 4) is 0 Å². The van der Waals surface area contributed by atoms with Gasteiger partial charge in [0.15, 0.2) is 5.11 Å². The molecule has 0 saturated heterocycles. The Kier molecular flexibility index (Phi) is 7.82. The summed E-state index contributed by atoms with van der Waals surface area (Å²) in [5.74, 6) is 0.0182. The minimum absolute atomic E-state index is 0.0182. The largest absolute Gasteiger partial charge is 0.383 e. The van der Waals surface area contributed by atoms with Crippen LogP contribution in [0.15, 0.2) is 0 Å². The van der Waals surface area contributed by atoms with E-state index in [4.69, 9.17) is 17.0 Å². The average Bonchev–Trinajstić information content (AvgIpc) is 2.15. The standard InChI is InChI=1S/C11H23N3O2S/c1-11(2,3)14-9(15)5-6-12-10(17)13-7-8-16-4/h5-8H2,1-4H3,(H,14,15)(H2,12,13,17). The highest BCUT2D eigenvalue weighted by Gasteiger charge is 2.12. The van der Waals surface area contributed by atoms with Gasteiger partial charge >= 0.3 is 0 Å². The summed E-state index contributed by atoms with van der Waals surface area (Å²) >= 11 is 5.02. The van der Waals surface area contributed by atoms with Gasteiger partial charge in [-0.1, -0.05) is 0 Å². The van der Waals surface area contributed by atoms with Crippen LogP contribution in [0.2, 0.25) is 0 Å². The fraction of sp³-hybridized carbons (Fsp3) is 0.818. The van der Waals surface area contributed by atoms with Crippen LogP contribution >= 0.6 is 12.2 Å². The van der Waals surface area contributed by atoms with E-state index in [9.17, 15) is 4.79 Å². The first kappa shape index (κ1) is 16.1. The molecule has 0 aromatic heterocycles. The number of ether oxygens (including phenoxy) is 1. The zero-order valence-corrected chi connectivity index (χ0v) is 11.9. The van der Waals surface area contributed by atoms with Crippen molar-refractivity contribution in [2.24, 2.45) is 0 Å². The monoisotopic (exact) mass is 261 g/mol. The quantitative estimate of drug-likeness (QED) is 0.477. The van der Waals surface area contributed by atoms with E-state index in [-0.39, 0.29) is 11.4 Å². The zero-order chi connectivity index (χ0) is 13.3. The Labute approximate surface area is 109 Å². The smallest absolute Gasteiger partial charge is 0.222 e. The molecule has 100 valence electrons. The van der Waals surface area contributed by atoms with Gasteiger partial charge in [-0.15, -0.1) is 0 Å². The van der Waals surface area contributed by atoms with E-state index in [1.165, 1.54) is 0 Å². The van der Waals surface area contributed by atoms with Crippen LogP contribution in [0.4, 0.5) is 0 Å². The molecular weight excluding hydrogens is 238 g/mol. The molecule has 1 amide bonds. The van der Waals surface area contributed by atoms with Crippen molar-refractivity contribution in [2.75, 3.05) is 26.8 Å². The molecule has 0 aliphatic carbocycles. The van der Waals surface area contributed by atoms with E-state index in [2.05, 4.69) is 16.0 Å². The lowest BCUT2D eigenvalue weighted by atomic mass is 10.1. The Morgan fingerprint density at radius 3 is 2.35 bits per heavy atom. The number of rotatable bonds is 6. The van der Waals surface area contributed by atoms with Gasteiger partial charge in [-0.2, -0.15) is 0 Å². The first-order chi connectivity index (χ1) is 7.85. The third kappa shape index (κ3) is 11.4. The lowest BCUT2D eigenvalue weighted by Crippen LogP contribution is -2.43. The molecule has 0 fully saturated rings. The maximum Gasteiger partial charge on any atom is 0.222 e. The molecule has 0 unspecified atom stereocenters. The molecule has 0 aromatic carbocycles. The summed E-state index contributed by atoms with van der Waals surface area (Å²) < 4.78 is 4.88. The molecule has 0 spiro atoms. The fourth-order valence-corrected chi connectivity index (χ4v) is 1.30. The maximum atomic E-state index is 11.5. The third-order valence-electron chi connectivity index (χ3n) is 1.74. The molecule has 0 rings (SSSR count).